The Morgan fingerprint density at radius 3 is 2.18 bits per heavy atom. The van der Waals surface area contributed by atoms with E-state index >= 15 is 0 Å². The average molecular weight is 370 g/mol. The predicted octanol–water partition coefficient (Wildman–Crippen LogP) is 4.29. The molecule has 1 amide bonds. The van der Waals surface area contributed by atoms with Gasteiger partial charge in [0.1, 0.15) is 0 Å². The van der Waals surface area contributed by atoms with Crippen molar-refractivity contribution in [3.05, 3.63) is 95.6 Å². The predicted molar refractivity (Wildman–Crippen MR) is 114 cm³/mol. The topological polar surface area (TPSA) is 58.2 Å². The second kappa shape index (κ2) is 9.33. The number of hydrogen-bond acceptors (Lipinski definition) is 3. The van der Waals surface area contributed by atoms with Gasteiger partial charge >= 0.3 is 0 Å². The molecule has 2 N–H and O–H groups in total. The van der Waals surface area contributed by atoms with Crippen molar-refractivity contribution in [2.24, 2.45) is 0 Å². The van der Waals surface area contributed by atoms with Gasteiger partial charge in [0.15, 0.2) is 6.29 Å². The number of anilines is 1. The first kappa shape index (κ1) is 19.1. The minimum atomic E-state index is -0.395. The molecular weight excluding hydrogens is 348 g/mol. The number of carbonyl (C=O) groups is 2. The third kappa shape index (κ3) is 4.74. The fourth-order valence-corrected chi connectivity index (χ4v) is 2.90. The molecule has 140 valence electrons. The van der Waals surface area contributed by atoms with E-state index in [1.807, 2.05) is 66.7 Å². The Balaban J connectivity index is 1.67. The number of hydrogen-bond donors (Lipinski definition) is 2. The highest BCUT2D eigenvalue weighted by atomic mass is 16.2. The van der Waals surface area contributed by atoms with Crippen LogP contribution in [0, 0.1) is 0 Å². The van der Waals surface area contributed by atoms with E-state index in [1.165, 1.54) is 0 Å². The summed E-state index contributed by atoms with van der Waals surface area (Å²) in [5.74, 6) is -0.395. The molecule has 0 atom stereocenters. The van der Waals surface area contributed by atoms with E-state index in [4.69, 9.17) is 0 Å². The summed E-state index contributed by atoms with van der Waals surface area (Å²) in [6, 6.07) is 25.6. The summed E-state index contributed by atoms with van der Waals surface area (Å²) in [6.45, 7) is 0.354. The summed E-state index contributed by atoms with van der Waals surface area (Å²) in [5, 5.41) is 5.86. The van der Waals surface area contributed by atoms with Crippen molar-refractivity contribution in [1.29, 1.82) is 0 Å². The lowest BCUT2D eigenvalue weighted by Gasteiger charge is -2.08. The van der Waals surface area contributed by atoms with Crippen LogP contribution >= 0.6 is 0 Å². The van der Waals surface area contributed by atoms with Crippen LogP contribution in [0.1, 0.15) is 11.1 Å². The minimum Gasteiger partial charge on any atom is -0.388 e. The van der Waals surface area contributed by atoms with Crippen LogP contribution in [-0.4, -0.2) is 19.2 Å². The zero-order chi connectivity index (χ0) is 19.8. The molecule has 3 aromatic rings. The summed E-state index contributed by atoms with van der Waals surface area (Å²) < 4.78 is 0. The van der Waals surface area contributed by atoms with Crippen LogP contribution in [-0.2, 0) is 16.1 Å². The molecule has 3 aromatic carbocycles. The smallest absolute Gasteiger partial charge is 0.254 e. The van der Waals surface area contributed by atoms with Gasteiger partial charge in [0.2, 0.25) is 0 Å². The number of benzene rings is 3. The Hall–Kier alpha value is -3.66. The third-order valence-electron chi connectivity index (χ3n) is 4.44. The maximum absolute atomic E-state index is 12.4. The minimum absolute atomic E-state index is 0.0867. The average Bonchev–Trinajstić information content (AvgIpc) is 2.77. The second-order valence-electron chi connectivity index (χ2n) is 6.30. The lowest BCUT2D eigenvalue weighted by molar-refractivity contribution is -0.119. The summed E-state index contributed by atoms with van der Waals surface area (Å²) >= 11 is 0. The molecule has 0 unspecified atom stereocenters. The Morgan fingerprint density at radius 1 is 0.857 bits per heavy atom. The fraction of sp³-hybridized carbons (Fsp3) is 0.0833. The SMILES string of the molecule is CNc1ccccc1/C=C(\C=O)C(=O)NCc1ccc(-c2ccccc2)cc1. The molecule has 0 radical (unpaired) electrons. The van der Waals surface area contributed by atoms with Crippen molar-refractivity contribution < 1.29 is 9.59 Å². The number of carbonyl (C=O) groups excluding carboxylic acids is 2. The van der Waals surface area contributed by atoms with Gasteiger partial charge in [0.25, 0.3) is 5.91 Å². The summed E-state index contributed by atoms with van der Waals surface area (Å²) in [5.41, 5.74) is 4.96. The Kier molecular flexibility index (Phi) is 6.37. The van der Waals surface area contributed by atoms with Gasteiger partial charge in [-0.15, -0.1) is 0 Å². The molecule has 3 rings (SSSR count). The van der Waals surface area contributed by atoms with Crippen LogP contribution in [0.3, 0.4) is 0 Å². The van der Waals surface area contributed by atoms with E-state index in [1.54, 1.807) is 13.1 Å². The number of aldehydes is 1. The molecule has 0 saturated carbocycles. The van der Waals surface area contributed by atoms with Gasteiger partial charge in [-0.1, -0.05) is 72.8 Å². The Labute approximate surface area is 164 Å². The zero-order valence-electron chi connectivity index (χ0n) is 15.7. The number of nitrogens with one attached hydrogen (secondary N) is 2. The van der Waals surface area contributed by atoms with E-state index in [0.29, 0.717) is 12.8 Å². The maximum Gasteiger partial charge on any atom is 0.254 e. The summed E-state index contributed by atoms with van der Waals surface area (Å²) in [6.07, 6.45) is 2.17. The molecule has 0 fully saturated rings. The second-order valence-corrected chi connectivity index (χ2v) is 6.30. The van der Waals surface area contributed by atoms with E-state index in [-0.39, 0.29) is 5.57 Å². The van der Waals surface area contributed by atoms with Gasteiger partial charge in [-0.2, -0.15) is 0 Å². The standard InChI is InChI=1S/C24H22N2O2/c1-25-23-10-6-5-9-21(23)15-22(17-27)24(28)26-16-18-11-13-20(14-12-18)19-7-3-2-4-8-19/h2-15,17,25H,16H2,1H3,(H,26,28)/b22-15+. The molecule has 4 heteroatoms. The maximum atomic E-state index is 12.4. The first-order valence-electron chi connectivity index (χ1n) is 9.07. The van der Waals surface area contributed by atoms with Crippen molar-refractivity contribution >= 4 is 24.0 Å². The van der Waals surface area contributed by atoms with E-state index in [9.17, 15) is 9.59 Å². The molecule has 28 heavy (non-hydrogen) atoms. The molecule has 0 aromatic heterocycles. The Bertz CT molecular complexity index is 977. The van der Waals surface area contributed by atoms with Crippen molar-refractivity contribution in [1.82, 2.24) is 5.32 Å². The molecule has 0 heterocycles. The first-order chi connectivity index (χ1) is 13.7. The van der Waals surface area contributed by atoms with Crippen LogP contribution in [0.15, 0.2) is 84.4 Å². The number of rotatable bonds is 7. The monoisotopic (exact) mass is 370 g/mol. The number of para-hydroxylation sites is 1. The van der Waals surface area contributed by atoms with E-state index in [0.717, 1.165) is 27.9 Å². The van der Waals surface area contributed by atoms with E-state index < -0.39 is 5.91 Å². The van der Waals surface area contributed by atoms with Crippen LogP contribution in [0.25, 0.3) is 17.2 Å². The van der Waals surface area contributed by atoms with Gasteiger partial charge in [-0.05, 0) is 34.4 Å². The summed E-state index contributed by atoms with van der Waals surface area (Å²) in [7, 11) is 1.80. The lowest BCUT2D eigenvalue weighted by atomic mass is 10.0. The third-order valence-corrected chi connectivity index (χ3v) is 4.44. The molecule has 0 aliphatic rings. The van der Waals surface area contributed by atoms with Crippen molar-refractivity contribution in [2.45, 2.75) is 6.54 Å². The molecule has 0 aliphatic carbocycles. The molecule has 0 spiro atoms. The van der Waals surface area contributed by atoms with Gasteiger partial charge in [-0.25, -0.2) is 0 Å². The van der Waals surface area contributed by atoms with Gasteiger partial charge in [0.05, 0.1) is 5.57 Å². The Morgan fingerprint density at radius 2 is 1.50 bits per heavy atom. The molecule has 0 bridgehead atoms. The van der Waals surface area contributed by atoms with Crippen molar-refractivity contribution in [3.63, 3.8) is 0 Å². The largest absolute Gasteiger partial charge is 0.388 e. The van der Waals surface area contributed by atoms with Gasteiger partial charge < -0.3 is 10.6 Å². The van der Waals surface area contributed by atoms with Crippen LogP contribution in [0.4, 0.5) is 5.69 Å². The van der Waals surface area contributed by atoms with Crippen LogP contribution in [0.2, 0.25) is 0 Å². The van der Waals surface area contributed by atoms with Crippen LogP contribution < -0.4 is 10.6 Å². The van der Waals surface area contributed by atoms with Gasteiger partial charge in [-0.3, -0.25) is 9.59 Å². The highest BCUT2D eigenvalue weighted by Crippen LogP contribution is 2.20. The molecule has 0 aliphatic heterocycles. The highest BCUT2D eigenvalue weighted by molar-refractivity contribution is 6.14. The molecule has 0 saturated heterocycles. The lowest BCUT2D eigenvalue weighted by Crippen LogP contribution is -2.25. The fourth-order valence-electron chi connectivity index (χ4n) is 2.90. The van der Waals surface area contributed by atoms with Crippen molar-refractivity contribution in [2.75, 3.05) is 12.4 Å². The zero-order valence-corrected chi connectivity index (χ0v) is 15.7. The normalized spacial score (nSPS) is 11.0. The first-order valence-corrected chi connectivity index (χ1v) is 9.07. The summed E-state index contributed by atoms with van der Waals surface area (Å²) in [4.78, 5) is 23.8. The van der Waals surface area contributed by atoms with Crippen molar-refractivity contribution in [3.8, 4) is 11.1 Å². The molecular formula is C24H22N2O2. The molecule has 4 nitrogen and oxygen atoms in total. The van der Waals surface area contributed by atoms with E-state index in [2.05, 4.69) is 22.8 Å². The highest BCUT2D eigenvalue weighted by Gasteiger charge is 2.10. The quantitative estimate of drug-likeness (QED) is 0.282. The number of amides is 1. The van der Waals surface area contributed by atoms with Gasteiger partial charge in [0, 0.05) is 19.3 Å². The van der Waals surface area contributed by atoms with Crippen LogP contribution in [0.5, 0.6) is 0 Å².